The van der Waals surface area contributed by atoms with Crippen molar-refractivity contribution >= 4 is 0 Å². The molecule has 0 bridgehead atoms. The largest absolute Gasteiger partial charge is 0.496 e. The van der Waals surface area contributed by atoms with Gasteiger partial charge < -0.3 is 10.5 Å². The fraction of sp³-hybridized carbons (Fsp3) is 0.333. The van der Waals surface area contributed by atoms with Crippen molar-refractivity contribution in [3.8, 4) is 5.75 Å². The van der Waals surface area contributed by atoms with E-state index in [9.17, 15) is 4.39 Å². The molecule has 18 heavy (non-hydrogen) atoms. The van der Waals surface area contributed by atoms with E-state index in [1.807, 2.05) is 0 Å². The first-order valence-corrected chi connectivity index (χ1v) is 5.55. The molecule has 2 rings (SSSR count). The zero-order chi connectivity index (χ0) is 13.1. The van der Waals surface area contributed by atoms with Gasteiger partial charge in [-0.2, -0.15) is 0 Å². The van der Waals surface area contributed by atoms with E-state index in [0.29, 0.717) is 17.7 Å². The molecule has 2 N–H and O–H groups in total. The molecule has 96 valence electrons. The number of aromatic nitrogens is 3. The lowest BCUT2D eigenvalue weighted by molar-refractivity contribution is 0.398. The molecule has 1 atom stereocenters. The Hall–Kier alpha value is -1.95. The Morgan fingerprint density at radius 3 is 2.89 bits per heavy atom. The Balaban J connectivity index is 2.25. The van der Waals surface area contributed by atoms with Crippen molar-refractivity contribution in [2.45, 2.75) is 12.5 Å². The topological polar surface area (TPSA) is 66.0 Å². The Morgan fingerprint density at radius 2 is 2.28 bits per heavy atom. The zero-order valence-corrected chi connectivity index (χ0v) is 10.3. The van der Waals surface area contributed by atoms with Crippen molar-refractivity contribution in [2.75, 3.05) is 7.11 Å². The Labute approximate surface area is 104 Å². The average molecular weight is 250 g/mol. The highest BCUT2D eigenvalue weighted by Crippen LogP contribution is 2.28. The van der Waals surface area contributed by atoms with E-state index in [2.05, 4.69) is 10.3 Å². The van der Waals surface area contributed by atoms with Crippen LogP contribution in [0.15, 0.2) is 24.4 Å². The van der Waals surface area contributed by atoms with Crippen molar-refractivity contribution in [1.29, 1.82) is 0 Å². The first-order chi connectivity index (χ1) is 8.61. The molecule has 2 aromatic rings. The number of nitrogens with two attached hydrogens (primary N) is 1. The molecule has 5 nitrogen and oxygen atoms in total. The summed E-state index contributed by atoms with van der Waals surface area (Å²) in [5, 5.41) is 7.75. The summed E-state index contributed by atoms with van der Waals surface area (Å²) in [6, 6.07) is 4.13. The maximum atomic E-state index is 13.8. The molecular weight excluding hydrogens is 235 g/mol. The molecule has 1 heterocycles. The van der Waals surface area contributed by atoms with E-state index in [4.69, 9.17) is 10.5 Å². The molecule has 0 saturated carbocycles. The highest BCUT2D eigenvalue weighted by Gasteiger charge is 2.18. The molecule has 0 saturated heterocycles. The third kappa shape index (κ3) is 2.48. The summed E-state index contributed by atoms with van der Waals surface area (Å²) in [5.41, 5.74) is 7.10. The van der Waals surface area contributed by atoms with Crippen LogP contribution in [0.5, 0.6) is 5.75 Å². The number of benzene rings is 1. The van der Waals surface area contributed by atoms with Gasteiger partial charge in [-0.05, 0) is 12.1 Å². The lowest BCUT2D eigenvalue weighted by Gasteiger charge is -2.15. The highest BCUT2D eigenvalue weighted by atomic mass is 19.1. The molecule has 1 aromatic carbocycles. The van der Waals surface area contributed by atoms with Gasteiger partial charge >= 0.3 is 0 Å². The van der Waals surface area contributed by atoms with Gasteiger partial charge in [0.15, 0.2) is 0 Å². The summed E-state index contributed by atoms with van der Waals surface area (Å²) in [7, 11) is 3.26. The summed E-state index contributed by atoms with van der Waals surface area (Å²) in [5.74, 6) is 0.0807. The van der Waals surface area contributed by atoms with Crippen molar-refractivity contribution in [1.82, 2.24) is 15.0 Å². The molecule has 0 radical (unpaired) electrons. The van der Waals surface area contributed by atoms with Crippen LogP contribution in [-0.2, 0) is 13.5 Å². The number of halogens is 1. The van der Waals surface area contributed by atoms with Crippen LogP contribution in [0.25, 0.3) is 0 Å². The smallest absolute Gasteiger partial charge is 0.131 e. The minimum Gasteiger partial charge on any atom is -0.496 e. The number of aryl methyl sites for hydroxylation is 1. The molecule has 0 fully saturated rings. The minimum atomic E-state index is -0.516. The summed E-state index contributed by atoms with van der Waals surface area (Å²) in [6.45, 7) is 0. The van der Waals surface area contributed by atoms with Gasteiger partial charge in [0.05, 0.1) is 12.8 Å². The van der Waals surface area contributed by atoms with Crippen molar-refractivity contribution in [3.63, 3.8) is 0 Å². The van der Waals surface area contributed by atoms with Gasteiger partial charge in [0.25, 0.3) is 0 Å². The molecule has 0 aliphatic heterocycles. The number of ether oxygens (including phenoxy) is 1. The predicted molar refractivity (Wildman–Crippen MR) is 64.6 cm³/mol. The van der Waals surface area contributed by atoms with E-state index in [0.717, 1.165) is 5.69 Å². The molecule has 6 heteroatoms. The summed E-state index contributed by atoms with van der Waals surface area (Å²) in [4.78, 5) is 0. The number of hydrogen-bond acceptors (Lipinski definition) is 4. The van der Waals surface area contributed by atoms with Crippen LogP contribution in [-0.4, -0.2) is 22.1 Å². The summed E-state index contributed by atoms with van der Waals surface area (Å²) >= 11 is 0. The minimum absolute atomic E-state index is 0.366. The van der Waals surface area contributed by atoms with Crippen molar-refractivity contribution < 1.29 is 9.13 Å². The van der Waals surface area contributed by atoms with Crippen LogP contribution in [0.3, 0.4) is 0 Å². The van der Waals surface area contributed by atoms with Gasteiger partial charge in [0, 0.05) is 31.3 Å². The molecule has 0 spiro atoms. The van der Waals surface area contributed by atoms with Gasteiger partial charge in [-0.15, -0.1) is 5.10 Å². The first-order valence-electron chi connectivity index (χ1n) is 5.55. The SMILES string of the molecule is COc1cccc(F)c1C(N)Cc1cn(C)nn1. The van der Waals surface area contributed by atoms with Crippen LogP contribution in [0, 0.1) is 5.82 Å². The highest BCUT2D eigenvalue weighted by molar-refractivity contribution is 5.37. The van der Waals surface area contributed by atoms with Gasteiger partial charge in [0.2, 0.25) is 0 Å². The third-order valence-corrected chi connectivity index (χ3v) is 2.68. The number of hydrogen-bond donors (Lipinski definition) is 1. The quantitative estimate of drug-likeness (QED) is 0.885. The van der Waals surface area contributed by atoms with E-state index >= 15 is 0 Å². The summed E-state index contributed by atoms with van der Waals surface area (Å²) in [6.07, 6.45) is 2.16. The van der Waals surface area contributed by atoms with Gasteiger partial charge in [-0.3, -0.25) is 4.68 Å². The third-order valence-electron chi connectivity index (χ3n) is 2.68. The van der Waals surface area contributed by atoms with Crippen LogP contribution in [0.1, 0.15) is 17.3 Å². The second-order valence-corrected chi connectivity index (χ2v) is 4.05. The number of rotatable bonds is 4. The normalized spacial score (nSPS) is 12.4. The maximum Gasteiger partial charge on any atom is 0.131 e. The lowest BCUT2D eigenvalue weighted by atomic mass is 10.0. The van der Waals surface area contributed by atoms with Crippen LogP contribution in [0.4, 0.5) is 4.39 Å². The Bertz CT molecular complexity index is 541. The monoisotopic (exact) mass is 250 g/mol. The summed E-state index contributed by atoms with van der Waals surface area (Å²) < 4.78 is 20.5. The average Bonchev–Trinajstić information content (AvgIpc) is 2.74. The lowest BCUT2D eigenvalue weighted by Crippen LogP contribution is -2.16. The molecule has 1 unspecified atom stereocenters. The predicted octanol–water partition coefficient (Wildman–Crippen LogP) is 1.21. The standard InChI is InChI=1S/C12H15FN4O/c1-17-7-8(15-16-17)6-10(14)12-9(13)4-3-5-11(12)18-2/h3-5,7,10H,6,14H2,1-2H3. The molecular formula is C12H15FN4O. The molecule has 0 aliphatic rings. The van der Waals surface area contributed by atoms with Crippen molar-refractivity contribution in [2.24, 2.45) is 12.8 Å². The second-order valence-electron chi connectivity index (χ2n) is 4.05. The molecule has 0 aliphatic carbocycles. The molecule has 0 amide bonds. The Morgan fingerprint density at radius 1 is 1.50 bits per heavy atom. The fourth-order valence-corrected chi connectivity index (χ4v) is 1.87. The van der Waals surface area contributed by atoms with E-state index in [1.54, 1.807) is 30.1 Å². The van der Waals surface area contributed by atoms with Crippen LogP contribution < -0.4 is 10.5 Å². The van der Waals surface area contributed by atoms with Gasteiger partial charge in [0.1, 0.15) is 11.6 Å². The van der Waals surface area contributed by atoms with Crippen LogP contribution >= 0.6 is 0 Å². The van der Waals surface area contributed by atoms with Gasteiger partial charge in [-0.25, -0.2) is 4.39 Å². The van der Waals surface area contributed by atoms with Crippen LogP contribution in [0.2, 0.25) is 0 Å². The second kappa shape index (κ2) is 5.14. The number of methoxy groups -OCH3 is 1. The fourth-order valence-electron chi connectivity index (χ4n) is 1.87. The maximum absolute atomic E-state index is 13.8. The first kappa shape index (κ1) is 12.5. The number of nitrogens with zero attached hydrogens (tertiary/aromatic N) is 3. The van der Waals surface area contributed by atoms with Crippen molar-refractivity contribution in [3.05, 3.63) is 41.5 Å². The Kier molecular flexibility index (Phi) is 3.57. The zero-order valence-electron chi connectivity index (χ0n) is 10.3. The van der Waals surface area contributed by atoms with E-state index in [-0.39, 0.29) is 5.82 Å². The van der Waals surface area contributed by atoms with E-state index in [1.165, 1.54) is 13.2 Å². The molecule has 1 aromatic heterocycles. The van der Waals surface area contributed by atoms with E-state index < -0.39 is 6.04 Å². The van der Waals surface area contributed by atoms with Gasteiger partial charge in [-0.1, -0.05) is 11.3 Å².